The van der Waals surface area contributed by atoms with E-state index in [1.54, 1.807) is 6.20 Å². The van der Waals surface area contributed by atoms with Crippen molar-refractivity contribution >= 4 is 37.5 Å². The second-order valence-electron chi connectivity index (χ2n) is 3.01. The first kappa shape index (κ1) is 15.6. The largest absolute Gasteiger partial charge is 0.384 e. The van der Waals surface area contributed by atoms with Gasteiger partial charge in [-0.1, -0.05) is 12.7 Å². The summed E-state index contributed by atoms with van der Waals surface area (Å²) in [4.78, 5) is 0. The summed E-state index contributed by atoms with van der Waals surface area (Å²) in [5.74, 6) is 1.58. The summed E-state index contributed by atoms with van der Waals surface area (Å²) in [6, 6.07) is 0.358. The van der Waals surface area contributed by atoms with Crippen LogP contribution in [0.5, 0.6) is 0 Å². The fourth-order valence-corrected chi connectivity index (χ4v) is 1.85. The Morgan fingerprint density at radius 2 is 1.69 bits per heavy atom. The van der Waals surface area contributed by atoms with Crippen LogP contribution in [-0.2, 0) is 0 Å². The van der Waals surface area contributed by atoms with Crippen LogP contribution in [0.25, 0.3) is 0 Å². The van der Waals surface area contributed by atoms with Gasteiger partial charge in [0.05, 0.1) is 12.1 Å². The molecule has 0 aromatic rings. The molecule has 0 bridgehead atoms. The molecule has 0 heterocycles. The second kappa shape index (κ2) is 11.1. The predicted octanol–water partition coefficient (Wildman–Crippen LogP) is 1.38. The summed E-state index contributed by atoms with van der Waals surface area (Å²) < 4.78 is 0. The summed E-state index contributed by atoms with van der Waals surface area (Å²) in [6.07, 6.45) is 7.38. The Morgan fingerprint density at radius 1 is 1.06 bits per heavy atom. The minimum absolute atomic E-state index is 0.177. The Morgan fingerprint density at radius 3 is 2.19 bits per heavy atom. The SMILES string of the molecule is [B]SCC(C=C)NC=CC(CS[B])NC=C. The highest BCUT2D eigenvalue weighted by Crippen LogP contribution is 1.99. The van der Waals surface area contributed by atoms with Gasteiger partial charge in [0.1, 0.15) is 0 Å². The predicted molar refractivity (Wildman–Crippen MR) is 79.8 cm³/mol. The van der Waals surface area contributed by atoms with E-state index < -0.39 is 0 Å². The van der Waals surface area contributed by atoms with E-state index >= 15 is 0 Å². The number of hydrogen-bond donors (Lipinski definition) is 2. The van der Waals surface area contributed by atoms with Crippen LogP contribution in [0, 0.1) is 0 Å². The molecule has 16 heavy (non-hydrogen) atoms. The summed E-state index contributed by atoms with van der Waals surface area (Å²) in [5, 5.41) is 6.28. The van der Waals surface area contributed by atoms with Crippen LogP contribution in [0.1, 0.15) is 0 Å². The zero-order valence-corrected chi connectivity index (χ0v) is 10.9. The van der Waals surface area contributed by atoms with E-state index in [2.05, 4.69) is 23.8 Å². The average Bonchev–Trinajstić information content (AvgIpc) is 2.28. The van der Waals surface area contributed by atoms with Crippen molar-refractivity contribution in [3.8, 4) is 0 Å². The zero-order chi connectivity index (χ0) is 12.2. The first-order valence-corrected chi connectivity index (χ1v) is 6.93. The van der Waals surface area contributed by atoms with Crippen molar-refractivity contribution in [2.45, 2.75) is 12.1 Å². The van der Waals surface area contributed by atoms with Crippen LogP contribution < -0.4 is 10.6 Å². The van der Waals surface area contributed by atoms with Crippen LogP contribution in [0.4, 0.5) is 0 Å². The summed E-state index contributed by atoms with van der Waals surface area (Å²) in [5.41, 5.74) is 0. The average molecular weight is 250 g/mol. The van der Waals surface area contributed by atoms with Crippen molar-refractivity contribution in [3.05, 3.63) is 37.7 Å². The van der Waals surface area contributed by atoms with E-state index in [-0.39, 0.29) is 12.1 Å². The molecule has 0 aromatic heterocycles. The molecule has 0 aliphatic rings. The summed E-state index contributed by atoms with van der Waals surface area (Å²) >= 11 is 2.58. The van der Waals surface area contributed by atoms with Gasteiger partial charge in [-0.25, -0.2) is 23.2 Å². The van der Waals surface area contributed by atoms with E-state index in [1.807, 2.05) is 18.4 Å². The molecular formula is C10H16B2N2S2. The van der Waals surface area contributed by atoms with Crippen molar-refractivity contribution in [2.24, 2.45) is 0 Å². The quantitative estimate of drug-likeness (QED) is 0.452. The molecular weight excluding hydrogens is 234 g/mol. The molecule has 84 valence electrons. The summed E-state index contributed by atoms with van der Waals surface area (Å²) in [7, 11) is 10.8. The van der Waals surface area contributed by atoms with Gasteiger partial charge in [0.15, 0.2) is 14.2 Å². The lowest BCUT2D eigenvalue weighted by Gasteiger charge is -2.14. The normalized spacial score (nSPS) is 14.2. The highest BCUT2D eigenvalue weighted by atomic mass is 32.2. The molecule has 0 aliphatic carbocycles. The minimum Gasteiger partial charge on any atom is -0.384 e. The molecule has 0 aromatic carbocycles. The number of nitrogens with one attached hydrogen (secondary N) is 2. The molecule has 2 N–H and O–H groups in total. The van der Waals surface area contributed by atoms with Crippen molar-refractivity contribution in [1.29, 1.82) is 0 Å². The lowest BCUT2D eigenvalue weighted by molar-refractivity contribution is 0.747. The van der Waals surface area contributed by atoms with Crippen LogP contribution in [0.15, 0.2) is 37.7 Å². The Balaban J connectivity index is 4.00. The highest BCUT2D eigenvalue weighted by molar-refractivity contribution is 8.19. The number of rotatable bonds is 10. The van der Waals surface area contributed by atoms with Crippen LogP contribution in [0.3, 0.4) is 0 Å². The molecule has 2 unspecified atom stereocenters. The van der Waals surface area contributed by atoms with Gasteiger partial charge < -0.3 is 10.6 Å². The smallest absolute Gasteiger partial charge is 0.161 e. The maximum atomic E-state index is 5.42. The molecule has 6 heteroatoms. The minimum atomic E-state index is 0.177. The molecule has 2 nitrogen and oxygen atoms in total. The lowest BCUT2D eigenvalue weighted by atomic mass is 10.3. The van der Waals surface area contributed by atoms with Crippen molar-refractivity contribution in [2.75, 3.05) is 11.5 Å². The maximum Gasteiger partial charge on any atom is 0.161 e. The van der Waals surface area contributed by atoms with Crippen molar-refractivity contribution in [1.82, 2.24) is 10.6 Å². The Kier molecular flexibility index (Phi) is 10.9. The van der Waals surface area contributed by atoms with Gasteiger partial charge in [-0.05, 0) is 18.5 Å². The van der Waals surface area contributed by atoms with Gasteiger partial charge in [-0.3, -0.25) is 0 Å². The molecule has 0 saturated carbocycles. The van der Waals surface area contributed by atoms with Crippen LogP contribution in [0.2, 0.25) is 0 Å². The van der Waals surface area contributed by atoms with Gasteiger partial charge in [-0.2, -0.15) is 0 Å². The van der Waals surface area contributed by atoms with E-state index in [1.165, 1.54) is 23.2 Å². The van der Waals surface area contributed by atoms with Crippen molar-refractivity contribution < 1.29 is 0 Å². The molecule has 0 aliphatic heterocycles. The zero-order valence-electron chi connectivity index (χ0n) is 9.26. The van der Waals surface area contributed by atoms with Crippen LogP contribution in [-0.4, -0.2) is 37.8 Å². The van der Waals surface area contributed by atoms with Gasteiger partial charge in [0, 0.05) is 11.5 Å². The Labute approximate surface area is 109 Å². The second-order valence-corrected chi connectivity index (χ2v) is 4.35. The molecule has 4 radical (unpaired) electrons. The Bertz CT molecular complexity index is 225. The molecule has 0 spiro atoms. The highest BCUT2D eigenvalue weighted by Gasteiger charge is 2.01. The molecule has 0 fully saturated rings. The first-order valence-electron chi connectivity index (χ1n) is 4.84. The van der Waals surface area contributed by atoms with Gasteiger partial charge in [0.2, 0.25) is 0 Å². The standard InChI is InChI=1S/C10H16B2N2S2/c1-3-9(7-15-11)14-6-5-10(8-16-12)13-4-2/h3-6,9-10,13-14H,1-2,7-8H2. The van der Waals surface area contributed by atoms with Gasteiger partial charge in [0.25, 0.3) is 0 Å². The molecule has 0 rings (SSSR count). The van der Waals surface area contributed by atoms with Crippen LogP contribution >= 0.6 is 23.2 Å². The van der Waals surface area contributed by atoms with Crippen molar-refractivity contribution in [3.63, 3.8) is 0 Å². The third-order valence-electron chi connectivity index (χ3n) is 1.81. The fraction of sp³-hybridized carbons (Fsp3) is 0.400. The topological polar surface area (TPSA) is 24.1 Å². The fourth-order valence-electron chi connectivity index (χ4n) is 0.997. The van der Waals surface area contributed by atoms with E-state index in [4.69, 9.17) is 14.2 Å². The first-order chi connectivity index (χ1) is 7.78. The molecule has 0 saturated heterocycles. The molecule has 2 atom stereocenters. The third kappa shape index (κ3) is 7.88. The van der Waals surface area contributed by atoms with E-state index in [9.17, 15) is 0 Å². The third-order valence-corrected chi connectivity index (χ3v) is 2.91. The monoisotopic (exact) mass is 250 g/mol. The maximum absolute atomic E-state index is 5.42. The summed E-state index contributed by atoms with van der Waals surface area (Å²) in [6.45, 7) is 7.35. The van der Waals surface area contributed by atoms with E-state index in [0.717, 1.165) is 11.5 Å². The number of hydrogen-bond acceptors (Lipinski definition) is 4. The van der Waals surface area contributed by atoms with Gasteiger partial charge in [-0.15, -0.1) is 6.58 Å². The van der Waals surface area contributed by atoms with E-state index in [0.29, 0.717) is 0 Å². The molecule has 0 amide bonds. The van der Waals surface area contributed by atoms with Gasteiger partial charge >= 0.3 is 0 Å². The Hall–Kier alpha value is -0.350. The lowest BCUT2D eigenvalue weighted by Crippen LogP contribution is -2.28.